The van der Waals surface area contributed by atoms with Crippen LogP contribution >= 0.6 is 0 Å². The van der Waals surface area contributed by atoms with Gasteiger partial charge in [-0.25, -0.2) is 0 Å². The zero-order valence-corrected chi connectivity index (χ0v) is 6.00. The Balaban J connectivity index is 0. The van der Waals surface area contributed by atoms with Crippen molar-refractivity contribution >= 4 is 17.4 Å². The first kappa shape index (κ1) is 49.0. The summed E-state index contributed by atoms with van der Waals surface area (Å²) >= 11 is 0. The minimum Gasteiger partial charge on any atom is 0 e. The van der Waals surface area contributed by atoms with Gasteiger partial charge in [-0.05, 0) is 0 Å². The Morgan fingerprint density at radius 2 is 1.00 bits per heavy atom. The van der Waals surface area contributed by atoms with Crippen molar-refractivity contribution < 1.29 is 68.0 Å². The van der Waals surface area contributed by atoms with Crippen LogP contribution in [0.25, 0.3) is 0 Å². The SMILES string of the molecule is [AlH3].[Cr].[Fe].[Mn].[Ni]. The van der Waals surface area contributed by atoms with E-state index in [-0.39, 0.29) is 85.4 Å². The molecule has 1 radical (unpaired) electrons. The van der Waals surface area contributed by atoms with Crippen LogP contribution in [0.5, 0.6) is 0 Å². The van der Waals surface area contributed by atoms with E-state index >= 15 is 0 Å². The van der Waals surface area contributed by atoms with Crippen molar-refractivity contribution in [3.8, 4) is 0 Å². The van der Waals surface area contributed by atoms with E-state index < -0.39 is 0 Å². The second-order valence-corrected chi connectivity index (χ2v) is 0. The van der Waals surface area contributed by atoms with Gasteiger partial charge in [0.15, 0.2) is 17.4 Å². The summed E-state index contributed by atoms with van der Waals surface area (Å²) < 4.78 is 0. The molecule has 5 heavy (non-hydrogen) atoms. The summed E-state index contributed by atoms with van der Waals surface area (Å²) in [6.45, 7) is 0. The molecule has 0 saturated heterocycles. The van der Waals surface area contributed by atoms with E-state index in [1.165, 1.54) is 0 Å². The molecule has 5 heteroatoms. The molecule has 0 nitrogen and oxygen atoms in total. The van der Waals surface area contributed by atoms with Crippen molar-refractivity contribution in [1.29, 1.82) is 0 Å². The van der Waals surface area contributed by atoms with Crippen molar-refractivity contribution in [2.75, 3.05) is 0 Å². The van der Waals surface area contributed by atoms with E-state index in [9.17, 15) is 0 Å². The molecule has 0 aromatic heterocycles. The average Bonchev–Trinajstić information content (AvgIpc) is 0. The standard InChI is InChI=1S/Al.Cr.Fe.Mn.Ni.3H. The molecule has 0 N–H and O–H groups in total. The molecule has 0 aliphatic carbocycles. The van der Waals surface area contributed by atoms with Crippen molar-refractivity contribution in [2.24, 2.45) is 0 Å². The normalized spacial score (nSPS) is 0. The van der Waals surface area contributed by atoms with Crippen LogP contribution in [0, 0.1) is 0 Å². The molecule has 0 spiro atoms. The number of hydrogen-bond donors (Lipinski definition) is 0. The molecule has 0 unspecified atom stereocenters. The average molecular weight is 251 g/mol. The van der Waals surface area contributed by atoms with Gasteiger partial charge in [-0.2, -0.15) is 0 Å². The molecule has 0 bridgehead atoms. The molecular formula is H3AlCrFeMnNi. The maximum absolute atomic E-state index is 0. The van der Waals surface area contributed by atoms with Gasteiger partial charge in [0, 0.05) is 68.0 Å². The van der Waals surface area contributed by atoms with Crippen molar-refractivity contribution in [3.63, 3.8) is 0 Å². The molecule has 0 aromatic carbocycles. The first-order valence-corrected chi connectivity index (χ1v) is 0. The smallest absolute Gasteiger partial charge is 0 e. The largest absolute Gasteiger partial charge is 0.187 e. The van der Waals surface area contributed by atoms with Crippen LogP contribution in [-0.4, -0.2) is 17.4 Å². The van der Waals surface area contributed by atoms with Gasteiger partial charge >= 0.3 is 0 Å². The third-order valence-corrected chi connectivity index (χ3v) is 0. The van der Waals surface area contributed by atoms with E-state index in [0.717, 1.165) is 0 Å². The first-order chi connectivity index (χ1) is 0. The minimum absolute atomic E-state index is 0. The second-order valence-electron chi connectivity index (χ2n) is 0. The van der Waals surface area contributed by atoms with Gasteiger partial charge in [0.2, 0.25) is 0 Å². The van der Waals surface area contributed by atoms with Crippen LogP contribution in [0.2, 0.25) is 0 Å². The predicted octanol–water partition coefficient (Wildman–Crippen LogP) is -1.19. The van der Waals surface area contributed by atoms with Gasteiger partial charge in [0.25, 0.3) is 0 Å². The van der Waals surface area contributed by atoms with Crippen LogP contribution in [0.1, 0.15) is 0 Å². The molecule has 0 aromatic rings. The Kier molecular flexibility index (Phi) is 300. The molecule has 0 rings (SSSR count). The topological polar surface area (TPSA) is 0 Å². The fourth-order valence-electron chi connectivity index (χ4n) is 0. The zero-order valence-electron chi connectivity index (χ0n) is 1.46. The van der Waals surface area contributed by atoms with Gasteiger partial charge < -0.3 is 0 Å². The Morgan fingerprint density at radius 3 is 1.00 bits per heavy atom. The Morgan fingerprint density at radius 1 is 1.00 bits per heavy atom. The molecule has 37 valence electrons. The van der Waals surface area contributed by atoms with Crippen LogP contribution in [0.15, 0.2) is 0 Å². The van der Waals surface area contributed by atoms with E-state index in [1.54, 1.807) is 0 Å². The summed E-state index contributed by atoms with van der Waals surface area (Å²) in [6, 6.07) is 0. The van der Waals surface area contributed by atoms with Gasteiger partial charge in [-0.1, -0.05) is 0 Å². The van der Waals surface area contributed by atoms with Crippen molar-refractivity contribution in [1.82, 2.24) is 0 Å². The molecule has 0 aliphatic heterocycles. The molecule has 0 amide bonds. The van der Waals surface area contributed by atoms with E-state index in [0.29, 0.717) is 0 Å². The fourth-order valence-corrected chi connectivity index (χ4v) is 0. The Labute approximate surface area is 84.4 Å². The summed E-state index contributed by atoms with van der Waals surface area (Å²) in [5, 5.41) is 0. The van der Waals surface area contributed by atoms with Crippen LogP contribution < -0.4 is 0 Å². The molecule has 0 heterocycles. The van der Waals surface area contributed by atoms with Crippen molar-refractivity contribution in [3.05, 3.63) is 0 Å². The van der Waals surface area contributed by atoms with E-state index in [4.69, 9.17) is 0 Å². The van der Waals surface area contributed by atoms with Gasteiger partial charge in [-0.15, -0.1) is 0 Å². The summed E-state index contributed by atoms with van der Waals surface area (Å²) in [7, 11) is 0. The predicted molar refractivity (Wildman–Crippen MR) is 9.94 cm³/mol. The van der Waals surface area contributed by atoms with Gasteiger partial charge in [0.1, 0.15) is 0 Å². The quantitative estimate of drug-likeness (QED) is 0.475. The Hall–Kier alpha value is 2.60. The van der Waals surface area contributed by atoms with E-state index in [2.05, 4.69) is 0 Å². The third kappa shape index (κ3) is 20.7. The fraction of sp³-hybridized carbons (Fsp3) is 0. The summed E-state index contributed by atoms with van der Waals surface area (Å²) in [6.07, 6.45) is 0. The second kappa shape index (κ2) is 30.6. The van der Waals surface area contributed by atoms with Gasteiger partial charge in [0.05, 0.1) is 0 Å². The first-order valence-electron chi connectivity index (χ1n) is 0. The molecule has 0 saturated carbocycles. The molecule has 0 fully saturated rings. The van der Waals surface area contributed by atoms with E-state index in [1.807, 2.05) is 0 Å². The zero-order chi connectivity index (χ0) is 0. The monoisotopic (exact) mass is 251 g/mol. The summed E-state index contributed by atoms with van der Waals surface area (Å²) in [5.74, 6) is 0. The third-order valence-electron chi connectivity index (χ3n) is 0. The molecular weight excluding hydrogens is 248 g/mol. The van der Waals surface area contributed by atoms with Crippen molar-refractivity contribution in [2.45, 2.75) is 0 Å². The molecule has 0 atom stereocenters. The minimum atomic E-state index is 0. The maximum atomic E-state index is 0. The molecule has 0 aliphatic rings. The van der Waals surface area contributed by atoms with Crippen LogP contribution in [-0.2, 0) is 68.0 Å². The number of rotatable bonds is 0. The summed E-state index contributed by atoms with van der Waals surface area (Å²) in [5.41, 5.74) is 0. The summed E-state index contributed by atoms with van der Waals surface area (Å²) in [4.78, 5) is 0. The Bertz CT molecular complexity index is 11.6. The van der Waals surface area contributed by atoms with Gasteiger partial charge in [-0.3, -0.25) is 0 Å². The van der Waals surface area contributed by atoms with Crippen LogP contribution in [0.4, 0.5) is 0 Å². The number of hydrogen-bond acceptors (Lipinski definition) is 0. The van der Waals surface area contributed by atoms with Crippen LogP contribution in [0.3, 0.4) is 0 Å². The maximum Gasteiger partial charge on any atom is 0.187 e.